The Morgan fingerprint density at radius 2 is 1.60 bits per heavy atom. The highest BCUT2D eigenvalue weighted by Gasteiger charge is 2.32. The number of ether oxygens (including phenoxy) is 1. The highest BCUT2D eigenvalue weighted by molar-refractivity contribution is 5.90. The molecule has 2 heterocycles. The van der Waals surface area contributed by atoms with Crippen LogP contribution in [0, 0.1) is 12.7 Å². The van der Waals surface area contributed by atoms with Gasteiger partial charge in [0.15, 0.2) is 0 Å². The number of benzene rings is 3. The lowest BCUT2D eigenvalue weighted by atomic mass is 10.0. The lowest BCUT2D eigenvalue weighted by molar-refractivity contribution is -0.135. The van der Waals surface area contributed by atoms with E-state index in [1.54, 1.807) is 56.9 Å². The molecule has 0 spiro atoms. The molecule has 47 heavy (non-hydrogen) atoms. The SMILES string of the molecule is CCC(=O)Nc1ccc(C[C@H](NC(=O)OC(C)(C)C)C(=O)N2CCn3c(nc(-c4ccc(F)cc4)c3Nc3ccc(C)cc3)C2)cc1. The summed E-state index contributed by atoms with van der Waals surface area (Å²) in [7, 11) is 0. The number of carbonyl (C=O) groups excluding carboxylic acids is 3. The van der Waals surface area contributed by atoms with Crippen LogP contribution < -0.4 is 16.0 Å². The zero-order valence-electron chi connectivity index (χ0n) is 27.4. The lowest BCUT2D eigenvalue weighted by Gasteiger charge is -2.32. The minimum atomic E-state index is -0.913. The van der Waals surface area contributed by atoms with Crippen molar-refractivity contribution < 1.29 is 23.5 Å². The predicted octanol–water partition coefficient (Wildman–Crippen LogP) is 6.57. The number of aryl methyl sites for hydroxylation is 1. The molecule has 0 fully saturated rings. The van der Waals surface area contributed by atoms with E-state index in [0.29, 0.717) is 36.7 Å². The zero-order valence-corrected chi connectivity index (χ0v) is 27.4. The summed E-state index contributed by atoms with van der Waals surface area (Å²) in [4.78, 5) is 45.4. The molecule has 1 aliphatic heterocycles. The Hall–Kier alpha value is -5.19. The highest BCUT2D eigenvalue weighted by Crippen LogP contribution is 2.33. The molecule has 0 saturated carbocycles. The highest BCUT2D eigenvalue weighted by atomic mass is 19.1. The third kappa shape index (κ3) is 8.55. The van der Waals surface area contributed by atoms with Crippen molar-refractivity contribution in [2.24, 2.45) is 0 Å². The molecule has 246 valence electrons. The Kier molecular flexibility index (Phi) is 9.93. The number of halogens is 1. The Morgan fingerprint density at radius 3 is 2.23 bits per heavy atom. The first-order valence-electron chi connectivity index (χ1n) is 15.7. The maximum Gasteiger partial charge on any atom is 0.408 e. The second kappa shape index (κ2) is 14.1. The van der Waals surface area contributed by atoms with Crippen molar-refractivity contribution in [3.8, 4) is 11.3 Å². The summed E-state index contributed by atoms with van der Waals surface area (Å²) >= 11 is 0. The summed E-state index contributed by atoms with van der Waals surface area (Å²) in [6.07, 6.45) is -0.114. The van der Waals surface area contributed by atoms with Gasteiger partial charge in [0.25, 0.3) is 0 Å². The summed E-state index contributed by atoms with van der Waals surface area (Å²) in [6, 6.07) is 20.5. The van der Waals surface area contributed by atoms with Gasteiger partial charge in [0.1, 0.15) is 34.8 Å². The number of hydrogen-bond acceptors (Lipinski definition) is 6. The number of hydrogen-bond donors (Lipinski definition) is 3. The molecule has 3 amide bonds. The number of nitrogens with zero attached hydrogens (tertiary/aromatic N) is 3. The van der Waals surface area contributed by atoms with Crippen molar-refractivity contribution in [2.75, 3.05) is 17.2 Å². The van der Waals surface area contributed by atoms with Crippen molar-refractivity contribution in [1.29, 1.82) is 0 Å². The van der Waals surface area contributed by atoms with Crippen molar-refractivity contribution in [3.63, 3.8) is 0 Å². The summed E-state index contributed by atoms with van der Waals surface area (Å²) in [6.45, 7) is 10.1. The van der Waals surface area contributed by atoms with Crippen molar-refractivity contribution >= 4 is 35.1 Å². The van der Waals surface area contributed by atoms with Crippen LogP contribution in [0.25, 0.3) is 11.3 Å². The third-order valence-electron chi connectivity index (χ3n) is 7.70. The summed E-state index contributed by atoms with van der Waals surface area (Å²) < 4.78 is 21.4. The monoisotopic (exact) mass is 640 g/mol. The van der Waals surface area contributed by atoms with Crippen LogP contribution in [0.15, 0.2) is 72.8 Å². The molecule has 1 aliphatic rings. The van der Waals surface area contributed by atoms with E-state index in [1.165, 1.54) is 12.1 Å². The first kappa shape index (κ1) is 33.2. The molecule has 0 saturated heterocycles. The number of alkyl carbamates (subject to hydrolysis) is 1. The largest absolute Gasteiger partial charge is 0.444 e. The Balaban J connectivity index is 1.41. The summed E-state index contributed by atoms with van der Waals surface area (Å²) in [5, 5.41) is 9.09. The number of anilines is 3. The number of carbonyl (C=O) groups is 3. The van der Waals surface area contributed by atoms with Gasteiger partial charge in [0.2, 0.25) is 11.8 Å². The van der Waals surface area contributed by atoms with E-state index in [2.05, 4.69) is 16.0 Å². The number of aromatic nitrogens is 2. The molecule has 10 nitrogen and oxygen atoms in total. The maximum atomic E-state index is 14.1. The van der Waals surface area contributed by atoms with Crippen molar-refractivity contribution in [3.05, 3.63) is 95.6 Å². The quantitative estimate of drug-likeness (QED) is 0.191. The maximum absolute atomic E-state index is 14.1. The van der Waals surface area contributed by atoms with Crippen LogP contribution in [0.5, 0.6) is 0 Å². The van der Waals surface area contributed by atoms with E-state index in [-0.39, 0.29) is 30.6 Å². The van der Waals surface area contributed by atoms with Gasteiger partial charge < -0.3 is 30.2 Å². The lowest BCUT2D eigenvalue weighted by Crippen LogP contribution is -2.52. The van der Waals surface area contributed by atoms with Gasteiger partial charge >= 0.3 is 6.09 Å². The number of imidazole rings is 1. The van der Waals surface area contributed by atoms with Crippen molar-refractivity contribution in [1.82, 2.24) is 19.8 Å². The smallest absolute Gasteiger partial charge is 0.408 e. The van der Waals surface area contributed by atoms with Crippen LogP contribution in [0.3, 0.4) is 0 Å². The average Bonchev–Trinajstić information content (AvgIpc) is 3.39. The van der Waals surface area contributed by atoms with Gasteiger partial charge in [-0.3, -0.25) is 9.59 Å². The molecule has 11 heteroatoms. The Bertz CT molecular complexity index is 1730. The molecule has 3 aromatic carbocycles. The Morgan fingerprint density at radius 1 is 0.936 bits per heavy atom. The molecule has 0 radical (unpaired) electrons. The molecule has 0 bridgehead atoms. The van der Waals surface area contributed by atoms with E-state index in [0.717, 1.165) is 28.2 Å². The molecule has 3 N–H and O–H groups in total. The number of rotatable bonds is 9. The van der Waals surface area contributed by atoms with Gasteiger partial charge in [0, 0.05) is 42.9 Å². The molecular weight excluding hydrogens is 599 g/mol. The van der Waals surface area contributed by atoms with Crippen LogP contribution in [0.2, 0.25) is 0 Å². The molecule has 1 atom stereocenters. The third-order valence-corrected chi connectivity index (χ3v) is 7.70. The average molecular weight is 641 g/mol. The van der Waals surface area contributed by atoms with Crippen LogP contribution in [0.4, 0.5) is 26.4 Å². The fourth-order valence-electron chi connectivity index (χ4n) is 5.31. The van der Waals surface area contributed by atoms with Gasteiger partial charge in [-0.2, -0.15) is 0 Å². The van der Waals surface area contributed by atoms with Gasteiger partial charge in [0.05, 0.1) is 6.54 Å². The van der Waals surface area contributed by atoms with Crippen molar-refractivity contribution in [2.45, 2.75) is 72.2 Å². The molecule has 0 aliphatic carbocycles. The van der Waals surface area contributed by atoms with E-state index in [4.69, 9.17) is 9.72 Å². The summed E-state index contributed by atoms with van der Waals surface area (Å²) in [5.74, 6) is 0.698. The van der Waals surface area contributed by atoms with E-state index < -0.39 is 17.7 Å². The number of amides is 3. The topological polar surface area (TPSA) is 118 Å². The van der Waals surface area contributed by atoms with Crippen LogP contribution in [-0.4, -0.2) is 50.5 Å². The zero-order chi connectivity index (χ0) is 33.7. The fraction of sp³-hybridized carbons (Fsp3) is 0.333. The van der Waals surface area contributed by atoms with Gasteiger partial charge in [-0.1, -0.05) is 36.8 Å². The minimum absolute atomic E-state index is 0.0966. The van der Waals surface area contributed by atoms with E-state index >= 15 is 0 Å². The second-order valence-corrected chi connectivity index (χ2v) is 12.6. The second-order valence-electron chi connectivity index (χ2n) is 12.6. The van der Waals surface area contributed by atoms with E-state index in [9.17, 15) is 18.8 Å². The standard InChI is InChI=1S/C36H41FN6O4/c1-6-31(44)38-27-17-9-24(10-18-27)21-29(40-35(46)47-36(3,4)5)34(45)42-19-20-43-30(22-42)41-32(25-11-13-26(37)14-12-25)33(43)39-28-15-7-23(2)8-16-28/h7-18,29,39H,6,19-22H2,1-5H3,(H,38,44)(H,40,46)/t29-/m0/s1. The normalized spacial score (nSPS) is 13.4. The fourth-order valence-corrected chi connectivity index (χ4v) is 5.31. The molecular formula is C36H41FN6O4. The first-order valence-corrected chi connectivity index (χ1v) is 15.7. The molecule has 1 aromatic heterocycles. The number of nitrogens with one attached hydrogen (secondary N) is 3. The molecule has 4 aromatic rings. The summed E-state index contributed by atoms with van der Waals surface area (Å²) in [5.41, 5.74) is 4.10. The first-order chi connectivity index (χ1) is 22.4. The van der Waals surface area contributed by atoms with Gasteiger partial charge in [-0.05, 0) is 81.8 Å². The van der Waals surface area contributed by atoms with Crippen LogP contribution in [-0.2, 0) is 33.8 Å². The minimum Gasteiger partial charge on any atom is -0.444 e. The van der Waals surface area contributed by atoms with Crippen LogP contribution >= 0.6 is 0 Å². The number of fused-ring (bicyclic) bond motifs is 1. The Labute approximate surface area is 274 Å². The van der Waals surface area contributed by atoms with Gasteiger partial charge in [-0.25, -0.2) is 14.2 Å². The van der Waals surface area contributed by atoms with Crippen LogP contribution in [0.1, 0.15) is 51.1 Å². The molecule has 0 unspecified atom stereocenters. The van der Waals surface area contributed by atoms with Gasteiger partial charge in [-0.15, -0.1) is 0 Å². The predicted molar refractivity (Wildman–Crippen MR) is 180 cm³/mol. The van der Waals surface area contributed by atoms with E-state index in [1.807, 2.05) is 47.9 Å². The molecule has 5 rings (SSSR count).